The molecule has 5 nitrogen and oxygen atoms in total. The average Bonchev–Trinajstić information content (AvgIpc) is 3.06. The number of carbonyl (C=O) groups excluding carboxylic acids is 2. The number of nitrogens with zero attached hydrogens (tertiary/aromatic N) is 1. The van der Waals surface area contributed by atoms with E-state index >= 15 is 0 Å². The first-order chi connectivity index (χ1) is 15.5. The van der Waals surface area contributed by atoms with Crippen molar-refractivity contribution in [3.05, 3.63) is 89.5 Å². The molecule has 0 fully saturated rings. The minimum atomic E-state index is -0.424. The summed E-state index contributed by atoms with van der Waals surface area (Å²) in [6, 6.07) is 22.5. The van der Waals surface area contributed by atoms with Crippen LogP contribution in [0.5, 0.6) is 11.5 Å². The Bertz CT molecular complexity index is 1100. The molecule has 0 N–H and O–H groups in total. The van der Waals surface area contributed by atoms with Crippen molar-refractivity contribution in [2.24, 2.45) is 0 Å². The first kappa shape index (κ1) is 22.1. The zero-order chi connectivity index (χ0) is 22.7. The Balaban J connectivity index is 1.77. The second-order valence-electron chi connectivity index (χ2n) is 7.45. The Kier molecular flexibility index (Phi) is 6.63. The summed E-state index contributed by atoms with van der Waals surface area (Å²) in [4.78, 5) is 28.2. The molecular formula is C26H25NO4Se. The number of hydrogen-bond acceptors (Lipinski definition) is 4. The van der Waals surface area contributed by atoms with Crippen LogP contribution in [-0.2, 0) is 0 Å². The van der Waals surface area contributed by atoms with E-state index in [0.717, 1.165) is 5.56 Å². The van der Waals surface area contributed by atoms with Crippen LogP contribution in [0.2, 0.25) is 4.82 Å². The summed E-state index contributed by atoms with van der Waals surface area (Å²) in [6.45, 7) is 4.54. The topological polar surface area (TPSA) is 55.8 Å². The molecule has 0 radical (unpaired) electrons. The van der Waals surface area contributed by atoms with Crippen molar-refractivity contribution in [2.75, 3.05) is 13.7 Å². The van der Waals surface area contributed by atoms with Crippen molar-refractivity contribution < 1.29 is 19.1 Å². The Morgan fingerprint density at radius 2 is 1.50 bits per heavy atom. The second-order valence-corrected chi connectivity index (χ2v) is 10.5. The number of hydrogen-bond donors (Lipinski definition) is 0. The Labute approximate surface area is 194 Å². The summed E-state index contributed by atoms with van der Waals surface area (Å²) in [6.07, 6.45) is 0. The van der Waals surface area contributed by atoms with Gasteiger partial charge in [0.1, 0.15) is 0 Å². The van der Waals surface area contributed by atoms with Crippen LogP contribution in [0.15, 0.2) is 72.8 Å². The van der Waals surface area contributed by atoms with Crippen LogP contribution in [0.4, 0.5) is 0 Å². The first-order valence-corrected chi connectivity index (χ1v) is 12.4. The monoisotopic (exact) mass is 495 g/mol. The van der Waals surface area contributed by atoms with E-state index < -0.39 is 6.04 Å². The van der Waals surface area contributed by atoms with Crippen molar-refractivity contribution in [1.82, 2.24) is 4.90 Å². The number of rotatable bonds is 8. The molecule has 4 rings (SSSR count). The van der Waals surface area contributed by atoms with Crippen LogP contribution in [-0.4, -0.2) is 45.4 Å². The first-order valence-electron chi connectivity index (χ1n) is 10.5. The van der Waals surface area contributed by atoms with E-state index in [4.69, 9.17) is 9.47 Å². The maximum absolute atomic E-state index is 13.4. The molecule has 0 unspecified atom stereocenters. The average molecular weight is 494 g/mol. The molecule has 1 aliphatic heterocycles. The fourth-order valence-corrected chi connectivity index (χ4v) is 6.43. The zero-order valence-electron chi connectivity index (χ0n) is 18.3. The molecule has 3 aromatic rings. The van der Waals surface area contributed by atoms with E-state index in [1.54, 1.807) is 31.4 Å². The van der Waals surface area contributed by atoms with Gasteiger partial charge in [0, 0.05) is 0 Å². The summed E-state index contributed by atoms with van der Waals surface area (Å²) >= 11 is 0.0348. The van der Waals surface area contributed by atoms with Gasteiger partial charge in [-0.25, -0.2) is 0 Å². The van der Waals surface area contributed by atoms with Gasteiger partial charge in [0.05, 0.1) is 0 Å². The van der Waals surface area contributed by atoms with Gasteiger partial charge in [-0.2, -0.15) is 0 Å². The van der Waals surface area contributed by atoms with Crippen LogP contribution >= 0.6 is 0 Å². The van der Waals surface area contributed by atoms with E-state index in [1.165, 1.54) is 9.36 Å². The molecule has 3 aromatic carbocycles. The molecule has 2 atom stereocenters. The molecule has 0 saturated carbocycles. The van der Waals surface area contributed by atoms with Crippen LogP contribution in [0, 0.1) is 0 Å². The molecule has 164 valence electrons. The van der Waals surface area contributed by atoms with Gasteiger partial charge in [-0.05, 0) is 0 Å². The van der Waals surface area contributed by atoms with Gasteiger partial charge in [0.2, 0.25) is 0 Å². The molecule has 0 spiro atoms. The summed E-state index contributed by atoms with van der Waals surface area (Å²) in [5.41, 5.74) is 1.77. The molecule has 32 heavy (non-hydrogen) atoms. The Hall–Kier alpha value is -3.08. The van der Waals surface area contributed by atoms with Gasteiger partial charge in [-0.1, -0.05) is 0 Å². The summed E-state index contributed by atoms with van der Waals surface area (Å²) in [7, 11) is 1.59. The van der Waals surface area contributed by atoms with Gasteiger partial charge in [0.15, 0.2) is 0 Å². The van der Waals surface area contributed by atoms with Gasteiger partial charge < -0.3 is 0 Å². The van der Waals surface area contributed by atoms with Crippen molar-refractivity contribution in [3.8, 4) is 11.5 Å². The molecule has 0 aromatic heterocycles. The van der Waals surface area contributed by atoms with E-state index in [1.807, 2.05) is 43.3 Å². The van der Waals surface area contributed by atoms with Gasteiger partial charge in [0.25, 0.3) is 0 Å². The van der Waals surface area contributed by atoms with E-state index in [9.17, 15) is 9.59 Å². The molecule has 0 saturated heterocycles. The number of methoxy groups -OCH3 is 1. The number of ether oxygens (including phenoxy) is 2. The number of carbonyl (C=O) groups is 2. The van der Waals surface area contributed by atoms with Crippen LogP contribution in [0.3, 0.4) is 0 Å². The van der Waals surface area contributed by atoms with Crippen molar-refractivity contribution in [3.63, 3.8) is 0 Å². The SMILES string of the molecule is CCOc1ccc([C@@H]([C@@H](C)[Se]c2ccccc2)N2C(=O)c3ccccc3C2=O)cc1OC. The molecule has 0 aliphatic carbocycles. The molecule has 6 heteroatoms. The summed E-state index contributed by atoms with van der Waals surface area (Å²) in [5.74, 6) is 0.727. The molecule has 1 heterocycles. The van der Waals surface area contributed by atoms with Crippen LogP contribution in [0.25, 0.3) is 0 Å². The number of amides is 2. The van der Waals surface area contributed by atoms with Crippen LogP contribution in [0.1, 0.15) is 46.2 Å². The van der Waals surface area contributed by atoms with E-state index in [2.05, 4.69) is 19.1 Å². The van der Waals surface area contributed by atoms with Crippen molar-refractivity contribution >= 4 is 31.2 Å². The number of benzene rings is 3. The Morgan fingerprint density at radius 3 is 2.09 bits per heavy atom. The van der Waals surface area contributed by atoms with Crippen LogP contribution < -0.4 is 13.9 Å². The molecule has 0 bridgehead atoms. The van der Waals surface area contributed by atoms with Gasteiger partial charge >= 0.3 is 195 Å². The van der Waals surface area contributed by atoms with E-state index in [0.29, 0.717) is 29.2 Å². The minimum absolute atomic E-state index is 0.0348. The summed E-state index contributed by atoms with van der Waals surface area (Å²) < 4.78 is 12.4. The quantitative estimate of drug-likeness (QED) is 0.347. The third-order valence-electron chi connectivity index (χ3n) is 5.44. The summed E-state index contributed by atoms with van der Waals surface area (Å²) in [5, 5.41) is 0. The van der Waals surface area contributed by atoms with Crippen molar-refractivity contribution in [1.29, 1.82) is 0 Å². The molecular weight excluding hydrogens is 469 g/mol. The van der Waals surface area contributed by atoms with E-state index in [-0.39, 0.29) is 31.6 Å². The maximum atomic E-state index is 13.4. The predicted octanol–water partition coefficient (Wildman–Crippen LogP) is 4.27. The van der Waals surface area contributed by atoms with Gasteiger partial charge in [-0.3, -0.25) is 0 Å². The number of fused-ring (bicyclic) bond motifs is 1. The van der Waals surface area contributed by atoms with Crippen molar-refractivity contribution in [2.45, 2.75) is 24.7 Å². The zero-order valence-corrected chi connectivity index (χ0v) is 20.0. The third kappa shape index (κ3) is 4.16. The second kappa shape index (κ2) is 9.60. The van der Waals surface area contributed by atoms with Gasteiger partial charge in [-0.15, -0.1) is 0 Å². The fourth-order valence-electron chi connectivity index (χ4n) is 4.01. The Morgan fingerprint density at radius 1 is 0.875 bits per heavy atom. The standard InChI is InChI=1S/C26H25NO4Se/c1-4-31-22-15-14-18(16-23(22)30-3)24(17(2)32-19-10-6-5-7-11-19)27-25(28)20-12-8-9-13-21(20)26(27)29/h5-17,24H,4H2,1-3H3/t17-,24-/m1/s1. The number of imide groups is 1. The molecule has 1 aliphatic rings. The molecule has 2 amide bonds. The predicted molar refractivity (Wildman–Crippen MR) is 125 cm³/mol. The fraction of sp³-hybridized carbons (Fsp3) is 0.231. The normalized spacial score (nSPS) is 14.8. The third-order valence-corrected chi connectivity index (χ3v) is 7.91.